The number of allylic oxidation sites excluding steroid dienone is 2. The van der Waals surface area contributed by atoms with Crippen molar-refractivity contribution in [1.82, 2.24) is 19.7 Å². The SMILES string of the molecule is CC(C)CN1C(=O)N(CCCc2cccnc2)C(=O)C12CCN(CC1CC=CCC1)CC2. The lowest BCUT2D eigenvalue weighted by atomic mass is 9.84. The standard InChI is InChI=1S/C26H38N4O2/c1-21(2)19-30-25(32)29(15-7-11-22-10-6-14-27-18-22)24(31)26(30)12-16-28(17-13-26)20-23-8-4-3-5-9-23/h3-4,6,10,14,18,21,23H,5,7-9,11-13,15-17,19-20H2,1-2H3. The molecule has 0 bridgehead atoms. The van der Waals surface area contributed by atoms with E-state index in [-0.39, 0.29) is 11.9 Å². The molecule has 4 rings (SSSR count). The Morgan fingerprint density at radius 2 is 2.00 bits per heavy atom. The molecule has 0 N–H and O–H groups in total. The number of piperidine rings is 1. The Kier molecular flexibility index (Phi) is 7.29. The average Bonchev–Trinajstić information content (AvgIpc) is 2.98. The van der Waals surface area contributed by atoms with Crippen molar-refractivity contribution in [3.63, 3.8) is 0 Å². The van der Waals surface area contributed by atoms with Gasteiger partial charge in [0.1, 0.15) is 5.54 Å². The molecule has 1 spiro atoms. The number of hydrogen-bond acceptors (Lipinski definition) is 4. The molecule has 2 fully saturated rings. The highest BCUT2D eigenvalue weighted by atomic mass is 16.2. The third-order valence-corrected chi connectivity index (χ3v) is 7.32. The Labute approximate surface area is 192 Å². The summed E-state index contributed by atoms with van der Waals surface area (Å²) in [6.45, 7) is 8.30. The van der Waals surface area contributed by atoms with E-state index in [2.05, 4.69) is 35.9 Å². The summed E-state index contributed by atoms with van der Waals surface area (Å²) in [7, 11) is 0. The van der Waals surface area contributed by atoms with Crippen LogP contribution < -0.4 is 0 Å². The third kappa shape index (κ3) is 4.90. The zero-order valence-corrected chi connectivity index (χ0v) is 19.7. The third-order valence-electron chi connectivity index (χ3n) is 7.32. The van der Waals surface area contributed by atoms with Crippen LogP contribution in [0.2, 0.25) is 0 Å². The van der Waals surface area contributed by atoms with E-state index < -0.39 is 5.54 Å². The molecule has 32 heavy (non-hydrogen) atoms. The molecule has 2 saturated heterocycles. The molecule has 0 radical (unpaired) electrons. The van der Waals surface area contributed by atoms with Gasteiger partial charge in [-0.15, -0.1) is 0 Å². The molecule has 174 valence electrons. The molecule has 1 aromatic rings. The Hall–Kier alpha value is -2.21. The Morgan fingerprint density at radius 1 is 1.19 bits per heavy atom. The van der Waals surface area contributed by atoms with Gasteiger partial charge in [-0.1, -0.05) is 32.1 Å². The molecule has 2 aliphatic heterocycles. The fourth-order valence-electron chi connectivity index (χ4n) is 5.56. The van der Waals surface area contributed by atoms with Gasteiger partial charge >= 0.3 is 6.03 Å². The summed E-state index contributed by atoms with van der Waals surface area (Å²) in [6.07, 6.45) is 15.0. The minimum Gasteiger partial charge on any atom is -0.309 e. The number of pyridine rings is 1. The molecule has 3 aliphatic rings. The van der Waals surface area contributed by atoms with Gasteiger partial charge in [-0.2, -0.15) is 0 Å². The number of aryl methyl sites for hydroxylation is 1. The molecule has 0 aromatic carbocycles. The summed E-state index contributed by atoms with van der Waals surface area (Å²) in [5.74, 6) is 1.10. The number of urea groups is 1. The number of rotatable bonds is 8. The van der Waals surface area contributed by atoms with Crippen LogP contribution >= 0.6 is 0 Å². The lowest BCUT2D eigenvalue weighted by Gasteiger charge is -2.43. The van der Waals surface area contributed by atoms with E-state index in [0.29, 0.717) is 19.0 Å². The van der Waals surface area contributed by atoms with Crippen molar-refractivity contribution in [2.24, 2.45) is 11.8 Å². The largest absolute Gasteiger partial charge is 0.327 e. The van der Waals surface area contributed by atoms with Gasteiger partial charge in [0.05, 0.1) is 0 Å². The fraction of sp³-hybridized carbons (Fsp3) is 0.654. The smallest absolute Gasteiger partial charge is 0.309 e. The normalized spacial score (nSPS) is 23.7. The number of imide groups is 1. The van der Waals surface area contributed by atoms with E-state index in [1.165, 1.54) is 19.3 Å². The average molecular weight is 439 g/mol. The van der Waals surface area contributed by atoms with Crippen LogP contribution in [0.4, 0.5) is 4.79 Å². The Balaban J connectivity index is 1.40. The topological polar surface area (TPSA) is 56.8 Å². The van der Waals surface area contributed by atoms with E-state index in [1.54, 1.807) is 11.1 Å². The first kappa shape index (κ1) is 23.0. The van der Waals surface area contributed by atoms with Crippen LogP contribution in [0.25, 0.3) is 0 Å². The quantitative estimate of drug-likeness (QED) is 0.452. The maximum Gasteiger partial charge on any atom is 0.327 e. The second-order valence-electron chi connectivity index (χ2n) is 10.2. The highest BCUT2D eigenvalue weighted by Crippen LogP contribution is 2.38. The molecule has 3 heterocycles. The van der Waals surface area contributed by atoms with Gasteiger partial charge in [0.15, 0.2) is 0 Å². The summed E-state index contributed by atoms with van der Waals surface area (Å²) in [5.41, 5.74) is 0.504. The highest BCUT2D eigenvalue weighted by molar-refractivity contribution is 6.07. The highest BCUT2D eigenvalue weighted by Gasteiger charge is 2.57. The van der Waals surface area contributed by atoms with Crippen LogP contribution in [0.1, 0.15) is 57.9 Å². The van der Waals surface area contributed by atoms with Gasteiger partial charge in [0.2, 0.25) is 0 Å². The number of carbonyl (C=O) groups is 2. The molecule has 0 saturated carbocycles. The number of aromatic nitrogens is 1. The number of likely N-dealkylation sites (tertiary alicyclic amines) is 1. The number of nitrogens with zero attached hydrogens (tertiary/aromatic N) is 4. The van der Waals surface area contributed by atoms with Crippen LogP contribution in [0.3, 0.4) is 0 Å². The molecule has 6 nitrogen and oxygen atoms in total. The predicted octanol–water partition coefficient (Wildman–Crippen LogP) is 4.13. The summed E-state index contributed by atoms with van der Waals surface area (Å²) in [4.78, 5) is 37.2. The summed E-state index contributed by atoms with van der Waals surface area (Å²) in [6, 6.07) is 3.89. The van der Waals surface area contributed by atoms with Gasteiger partial charge < -0.3 is 9.80 Å². The minimum absolute atomic E-state index is 0.0367. The first-order chi connectivity index (χ1) is 15.5. The van der Waals surface area contributed by atoms with Crippen LogP contribution in [-0.4, -0.2) is 69.9 Å². The first-order valence-corrected chi connectivity index (χ1v) is 12.4. The first-order valence-electron chi connectivity index (χ1n) is 12.4. The van der Waals surface area contributed by atoms with E-state index in [0.717, 1.165) is 56.8 Å². The van der Waals surface area contributed by atoms with Gasteiger partial charge in [-0.05, 0) is 68.4 Å². The fourth-order valence-corrected chi connectivity index (χ4v) is 5.56. The zero-order valence-electron chi connectivity index (χ0n) is 19.7. The second kappa shape index (κ2) is 10.2. The monoisotopic (exact) mass is 438 g/mol. The molecule has 1 unspecified atom stereocenters. The van der Waals surface area contributed by atoms with Crippen LogP contribution in [0.5, 0.6) is 0 Å². The second-order valence-corrected chi connectivity index (χ2v) is 10.2. The van der Waals surface area contributed by atoms with Gasteiger partial charge in [0, 0.05) is 45.1 Å². The van der Waals surface area contributed by atoms with Crippen molar-refractivity contribution in [2.75, 3.05) is 32.7 Å². The number of hydrogen-bond donors (Lipinski definition) is 0. The van der Waals surface area contributed by atoms with E-state index in [4.69, 9.17) is 0 Å². The molecule has 1 atom stereocenters. The molecule has 6 heteroatoms. The van der Waals surface area contributed by atoms with Crippen molar-refractivity contribution >= 4 is 11.9 Å². The van der Waals surface area contributed by atoms with Crippen molar-refractivity contribution < 1.29 is 9.59 Å². The summed E-state index contributed by atoms with van der Waals surface area (Å²) < 4.78 is 0. The maximum atomic E-state index is 13.6. The molecular formula is C26H38N4O2. The van der Waals surface area contributed by atoms with Crippen molar-refractivity contribution in [3.05, 3.63) is 42.2 Å². The van der Waals surface area contributed by atoms with Crippen molar-refractivity contribution in [1.29, 1.82) is 0 Å². The van der Waals surface area contributed by atoms with Crippen molar-refractivity contribution in [2.45, 2.75) is 64.3 Å². The van der Waals surface area contributed by atoms with Gasteiger partial charge in [-0.25, -0.2) is 4.79 Å². The van der Waals surface area contributed by atoms with Gasteiger partial charge in [0.25, 0.3) is 5.91 Å². The minimum atomic E-state index is -0.640. The maximum absolute atomic E-state index is 13.6. The van der Waals surface area contributed by atoms with E-state index in [1.807, 2.05) is 23.2 Å². The lowest BCUT2D eigenvalue weighted by molar-refractivity contribution is -0.136. The number of carbonyl (C=O) groups excluding carboxylic acids is 2. The number of amides is 3. The Morgan fingerprint density at radius 3 is 2.66 bits per heavy atom. The van der Waals surface area contributed by atoms with E-state index in [9.17, 15) is 9.59 Å². The molecule has 1 aliphatic carbocycles. The van der Waals surface area contributed by atoms with Gasteiger partial charge in [-0.3, -0.25) is 14.7 Å². The molecular weight excluding hydrogens is 400 g/mol. The summed E-state index contributed by atoms with van der Waals surface area (Å²) in [5, 5.41) is 0. The Bertz CT molecular complexity index is 814. The summed E-state index contributed by atoms with van der Waals surface area (Å²) >= 11 is 0. The van der Waals surface area contributed by atoms with Crippen LogP contribution in [0, 0.1) is 11.8 Å². The van der Waals surface area contributed by atoms with E-state index >= 15 is 0 Å². The lowest BCUT2D eigenvalue weighted by Crippen LogP contribution is -2.57. The molecule has 1 aromatic heterocycles. The van der Waals surface area contributed by atoms with Crippen LogP contribution in [0.15, 0.2) is 36.7 Å². The molecule has 3 amide bonds. The zero-order chi connectivity index (χ0) is 22.6. The predicted molar refractivity (Wildman–Crippen MR) is 126 cm³/mol. The van der Waals surface area contributed by atoms with Crippen LogP contribution in [-0.2, 0) is 11.2 Å². The van der Waals surface area contributed by atoms with Crippen molar-refractivity contribution in [3.8, 4) is 0 Å².